The second-order valence-electron chi connectivity index (χ2n) is 4.19. The van der Waals surface area contributed by atoms with Crippen molar-refractivity contribution in [2.24, 2.45) is 5.92 Å². The molecule has 1 heterocycles. The number of hydrogen-bond acceptors (Lipinski definition) is 1. The summed E-state index contributed by atoms with van der Waals surface area (Å²) < 4.78 is 6.25. The lowest BCUT2D eigenvalue weighted by Crippen LogP contribution is -2.09. The summed E-state index contributed by atoms with van der Waals surface area (Å²) in [5, 5.41) is 1.00. The van der Waals surface area contributed by atoms with Crippen LogP contribution in [0.25, 0.3) is 0 Å². The summed E-state index contributed by atoms with van der Waals surface area (Å²) in [7, 11) is 0. The summed E-state index contributed by atoms with van der Waals surface area (Å²) in [6.45, 7) is 0. The van der Waals surface area contributed by atoms with Crippen LogP contribution in [0, 0.1) is 5.92 Å². The Labute approximate surface area is 118 Å². The van der Waals surface area contributed by atoms with Crippen LogP contribution in [0.5, 0.6) is 0 Å². The second kappa shape index (κ2) is 6.41. The molecule has 0 fully saturated rings. The molecule has 17 heavy (non-hydrogen) atoms. The fourth-order valence-corrected chi connectivity index (χ4v) is 2.83. The maximum atomic E-state index is 5.11. The van der Waals surface area contributed by atoms with Crippen molar-refractivity contribution in [3.63, 3.8) is 0 Å². The molecule has 1 unspecified atom stereocenters. The second-order valence-corrected chi connectivity index (χ2v) is 5.75. The number of hydrogen-bond donors (Lipinski definition) is 0. The maximum Gasteiger partial charge on any atom is 0.0934 e. The van der Waals surface area contributed by atoms with Crippen LogP contribution in [0.4, 0.5) is 0 Å². The van der Waals surface area contributed by atoms with Crippen LogP contribution in [0.2, 0.25) is 0 Å². The predicted molar refractivity (Wildman–Crippen MR) is 77.5 cm³/mol. The van der Waals surface area contributed by atoms with E-state index in [9.17, 15) is 0 Å². The molecule has 1 aromatic carbocycles. The smallest absolute Gasteiger partial charge is 0.0934 e. The Kier molecular flexibility index (Phi) is 4.86. The Morgan fingerprint density at radius 3 is 2.59 bits per heavy atom. The van der Waals surface area contributed by atoms with Crippen LogP contribution in [0.1, 0.15) is 11.1 Å². The van der Waals surface area contributed by atoms with E-state index in [1.807, 2.05) is 12.3 Å². The third-order valence-electron chi connectivity index (χ3n) is 2.74. The van der Waals surface area contributed by atoms with Crippen molar-refractivity contribution < 1.29 is 4.42 Å². The Bertz CT molecular complexity index is 451. The van der Waals surface area contributed by atoms with Gasteiger partial charge in [0.05, 0.1) is 12.5 Å². The minimum absolute atomic E-state index is 0.599. The molecule has 0 spiro atoms. The van der Waals surface area contributed by atoms with Gasteiger partial charge in [0, 0.05) is 9.80 Å². The summed E-state index contributed by atoms with van der Waals surface area (Å²) in [5.74, 6) is 0.599. The molecule has 0 N–H and O–H groups in total. The zero-order chi connectivity index (χ0) is 12.1. The summed E-state index contributed by atoms with van der Waals surface area (Å²) >= 11 is 7.10. The summed E-state index contributed by atoms with van der Waals surface area (Å²) in [6.07, 6.45) is 5.69. The Morgan fingerprint density at radius 1 is 1.12 bits per heavy atom. The maximum absolute atomic E-state index is 5.11. The lowest BCUT2D eigenvalue weighted by molar-refractivity contribution is 0.550. The number of halogens is 2. The molecule has 0 aliphatic rings. The van der Waals surface area contributed by atoms with E-state index in [1.54, 1.807) is 6.26 Å². The van der Waals surface area contributed by atoms with Gasteiger partial charge in [-0.1, -0.05) is 44.0 Å². The van der Waals surface area contributed by atoms with Crippen molar-refractivity contribution in [3.05, 3.63) is 58.5 Å². The van der Waals surface area contributed by atoms with Gasteiger partial charge in [0.25, 0.3) is 0 Å². The van der Waals surface area contributed by atoms with E-state index in [0.29, 0.717) is 5.92 Å². The van der Waals surface area contributed by atoms with E-state index < -0.39 is 0 Å². The van der Waals surface area contributed by atoms with Crippen molar-refractivity contribution >= 4 is 31.9 Å². The Hall–Kier alpha value is -0.540. The highest BCUT2D eigenvalue weighted by molar-refractivity contribution is 9.10. The molecule has 1 atom stereocenters. The number of benzene rings is 1. The van der Waals surface area contributed by atoms with Gasteiger partial charge in [0.15, 0.2) is 0 Å². The summed E-state index contributed by atoms with van der Waals surface area (Å²) in [4.78, 5) is 0. The third-order valence-corrected chi connectivity index (χ3v) is 4.15. The van der Waals surface area contributed by atoms with Crippen LogP contribution >= 0.6 is 31.9 Å². The number of furan rings is 1. The minimum Gasteiger partial charge on any atom is -0.472 e. The standard InChI is InChI=1S/C14H14Br2O/c15-9-13(7-12-4-5-17-10-12)6-11-2-1-3-14(16)8-11/h1-5,8,10,13H,6-7,9H2. The highest BCUT2D eigenvalue weighted by Gasteiger charge is 2.10. The van der Waals surface area contributed by atoms with Gasteiger partial charge in [-0.2, -0.15) is 0 Å². The molecule has 0 bridgehead atoms. The van der Waals surface area contributed by atoms with Gasteiger partial charge < -0.3 is 4.42 Å². The van der Waals surface area contributed by atoms with Gasteiger partial charge in [0.1, 0.15) is 0 Å². The van der Waals surface area contributed by atoms with Crippen molar-refractivity contribution in [2.45, 2.75) is 12.8 Å². The SMILES string of the molecule is BrCC(Cc1ccoc1)Cc1cccc(Br)c1. The van der Waals surface area contributed by atoms with E-state index >= 15 is 0 Å². The molecule has 90 valence electrons. The van der Waals surface area contributed by atoms with E-state index in [0.717, 1.165) is 22.6 Å². The number of rotatable bonds is 5. The fraction of sp³-hybridized carbons (Fsp3) is 0.286. The Balaban J connectivity index is 2.00. The molecule has 0 radical (unpaired) electrons. The van der Waals surface area contributed by atoms with Crippen molar-refractivity contribution in [2.75, 3.05) is 5.33 Å². The third kappa shape index (κ3) is 4.00. The molecular weight excluding hydrogens is 344 g/mol. The first kappa shape index (κ1) is 12.9. The first-order chi connectivity index (χ1) is 8.28. The number of alkyl halides is 1. The molecule has 3 heteroatoms. The highest BCUT2D eigenvalue weighted by Crippen LogP contribution is 2.19. The fourth-order valence-electron chi connectivity index (χ4n) is 1.92. The lowest BCUT2D eigenvalue weighted by Gasteiger charge is -2.13. The van der Waals surface area contributed by atoms with Gasteiger partial charge in [-0.15, -0.1) is 0 Å². The molecule has 1 nitrogen and oxygen atoms in total. The minimum atomic E-state index is 0.599. The van der Waals surface area contributed by atoms with E-state index in [2.05, 4.69) is 56.1 Å². The van der Waals surface area contributed by atoms with Crippen molar-refractivity contribution in [3.8, 4) is 0 Å². The average molecular weight is 358 g/mol. The topological polar surface area (TPSA) is 13.1 Å². The van der Waals surface area contributed by atoms with E-state index in [1.165, 1.54) is 11.1 Å². The van der Waals surface area contributed by atoms with Crippen LogP contribution in [-0.4, -0.2) is 5.33 Å². The first-order valence-corrected chi connectivity index (χ1v) is 7.51. The Morgan fingerprint density at radius 2 is 1.94 bits per heavy atom. The van der Waals surface area contributed by atoms with Crippen LogP contribution in [0.15, 0.2) is 51.7 Å². The van der Waals surface area contributed by atoms with Gasteiger partial charge in [-0.3, -0.25) is 0 Å². The molecule has 0 aliphatic heterocycles. The van der Waals surface area contributed by atoms with Crippen molar-refractivity contribution in [1.29, 1.82) is 0 Å². The van der Waals surface area contributed by atoms with E-state index in [-0.39, 0.29) is 0 Å². The quantitative estimate of drug-likeness (QED) is 0.698. The average Bonchev–Trinajstić information content (AvgIpc) is 2.81. The molecule has 2 rings (SSSR count). The molecule has 0 amide bonds. The molecule has 0 saturated carbocycles. The molecule has 1 aromatic heterocycles. The molecular formula is C14H14Br2O. The van der Waals surface area contributed by atoms with Crippen LogP contribution in [-0.2, 0) is 12.8 Å². The first-order valence-electron chi connectivity index (χ1n) is 5.59. The lowest BCUT2D eigenvalue weighted by atomic mass is 9.95. The summed E-state index contributed by atoms with van der Waals surface area (Å²) in [6, 6.07) is 10.5. The zero-order valence-electron chi connectivity index (χ0n) is 9.40. The normalized spacial score (nSPS) is 12.6. The van der Waals surface area contributed by atoms with Crippen molar-refractivity contribution in [1.82, 2.24) is 0 Å². The van der Waals surface area contributed by atoms with E-state index in [4.69, 9.17) is 4.42 Å². The van der Waals surface area contributed by atoms with Gasteiger partial charge in [-0.05, 0) is 48.1 Å². The van der Waals surface area contributed by atoms with Crippen LogP contribution in [0.3, 0.4) is 0 Å². The van der Waals surface area contributed by atoms with Gasteiger partial charge in [-0.25, -0.2) is 0 Å². The molecule has 0 saturated heterocycles. The molecule has 2 aromatic rings. The highest BCUT2D eigenvalue weighted by atomic mass is 79.9. The van der Waals surface area contributed by atoms with Gasteiger partial charge >= 0.3 is 0 Å². The van der Waals surface area contributed by atoms with Gasteiger partial charge in [0.2, 0.25) is 0 Å². The monoisotopic (exact) mass is 356 g/mol. The largest absolute Gasteiger partial charge is 0.472 e. The summed E-state index contributed by atoms with van der Waals surface area (Å²) in [5.41, 5.74) is 2.64. The van der Waals surface area contributed by atoms with Crippen LogP contribution < -0.4 is 0 Å². The molecule has 0 aliphatic carbocycles. The predicted octanol–water partition coefficient (Wildman–Crippen LogP) is 4.84. The zero-order valence-corrected chi connectivity index (χ0v) is 12.6.